The van der Waals surface area contributed by atoms with Crippen molar-refractivity contribution in [2.24, 2.45) is 11.7 Å². The molecule has 2 heterocycles. The number of carbonyl (C=O) groups excluding carboxylic acids is 2. The van der Waals surface area contributed by atoms with Gasteiger partial charge in [0.05, 0.1) is 22.9 Å². The molecule has 1 aromatic carbocycles. The normalized spacial score (nSPS) is 16.6. The first-order chi connectivity index (χ1) is 12.0. The number of primary amides is 1. The van der Waals surface area contributed by atoms with Gasteiger partial charge in [-0.3, -0.25) is 9.59 Å². The second kappa shape index (κ2) is 6.00. The second-order valence-electron chi connectivity index (χ2n) is 6.51. The summed E-state index contributed by atoms with van der Waals surface area (Å²) in [5.74, 6) is -0.165. The highest BCUT2D eigenvalue weighted by Gasteiger charge is 2.27. The van der Waals surface area contributed by atoms with E-state index < -0.39 is 5.91 Å². The average molecular weight is 354 g/mol. The Morgan fingerprint density at radius 1 is 1.40 bits per heavy atom. The first-order valence-corrected chi connectivity index (χ1v) is 9.03. The minimum Gasteiger partial charge on any atom is -0.365 e. The van der Waals surface area contributed by atoms with Crippen LogP contribution in [0.4, 0.5) is 5.00 Å². The molecule has 2 aromatic heterocycles. The van der Waals surface area contributed by atoms with Crippen molar-refractivity contribution in [1.82, 2.24) is 9.97 Å². The van der Waals surface area contributed by atoms with Crippen molar-refractivity contribution in [3.05, 3.63) is 46.1 Å². The summed E-state index contributed by atoms with van der Waals surface area (Å²) in [6.45, 7) is 2.20. The van der Waals surface area contributed by atoms with E-state index in [1.807, 2.05) is 6.07 Å². The van der Waals surface area contributed by atoms with E-state index in [2.05, 4.69) is 22.2 Å². The van der Waals surface area contributed by atoms with Crippen LogP contribution in [0.2, 0.25) is 0 Å². The maximum atomic E-state index is 12.6. The predicted octanol–water partition coefficient (Wildman–Crippen LogP) is 3.10. The van der Waals surface area contributed by atoms with E-state index in [9.17, 15) is 9.59 Å². The lowest BCUT2D eigenvalue weighted by atomic mass is 9.88. The predicted molar refractivity (Wildman–Crippen MR) is 98.1 cm³/mol. The number of carbonyl (C=O) groups is 2. The average Bonchev–Trinajstić information content (AvgIpc) is 3.17. The van der Waals surface area contributed by atoms with Gasteiger partial charge in [-0.2, -0.15) is 0 Å². The van der Waals surface area contributed by atoms with E-state index in [1.54, 1.807) is 18.5 Å². The van der Waals surface area contributed by atoms with Crippen molar-refractivity contribution in [3.8, 4) is 0 Å². The highest BCUT2D eigenvalue weighted by molar-refractivity contribution is 7.17. The molecule has 25 heavy (non-hydrogen) atoms. The summed E-state index contributed by atoms with van der Waals surface area (Å²) >= 11 is 1.47. The van der Waals surface area contributed by atoms with Crippen molar-refractivity contribution < 1.29 is 9.59 Å². The van der Waals surface area contributed by atoms with Crippen LogP contribution in [-0.2, 0) is 12.8 Å². The lowest BCUT2D eigenvalue weighted by molar-refractivity contribution is 0.1000. The van der Waals surface area contributed by atoms with Gasteiger partial charge in [0, 0.05) is 10.4 Å². The number of hydrogen-bond acceptors (Lipinski definition) is 4. The molecule has 3 aromatic rings. The number of benzene rings is 1. The van der Waals surface area contributed by atoms with Gasteiger partial charge in [-0.25, -0.2) is 4.98 Å². The largest absolute Gasteiger partial charge is 0.365 e. The topological polar surface area (TPSA) is 101 Å². The summed E-state index contributed by atoms with van der Waals surface area (Å²) in [5.41, 5.74) is 9.17. The second-order valence-corrected chi connectivity index (χ2v) is 7.61. The van der Waals surface area contributed by atoms with Crippen LogP contribution in [0.5, 0.6) is 0 Å². The van der Waals surface area contributed by atoms with Crippen molar-refractivity contribution in [3.63, 3.8) is 0 Å². The van der Waals surface area contributed by atoms with Crippen LogP contribution in [0.15, 0.2) is 24.5 Å². The van der Waals surface area contributed by atoms with Gasteiger partial charge in [0.2, 0.25) is 0 Å². The zero-order valence-corrected chi connectivity index (χ0v) is 14.6. The first-order valence-electron chi connectivity index (χ1n) is 8.21. The number of anilines is 1. The van der Waals surface area contributed by atoms with Crippen LogP contribution in [0.25, 0.3) is 11.0 Å². The Balaban J connectivity index is 1.67. The number of H-pyrrole nitrogens is 1. The van der Waals surface area contributed by atoms with Crippen molar-refractivity contribution in [2.45, 2.75) is 26.2 Å². The third kappa shape index (κ3) is 2.80. The number of aromatic nitrogens is 2. The molecule has 6 nitrogen and oxygen atoms in total. The monoisotopic (exact) mass is 354 g/mol. The molecule has 4 rings (SSSR count). The molecule has 128 valence electrons. The molecule has 1 unspecified atom stereocenters. The smallest absolute Gasteiger partial charge is 0.256 e. The van der Waals surface area contributed by atoms with E-state index >= 15 is 0 Å². The van der Waals surface area contributed by atoms with E-state index in [4.69, 9.17) is 5.73 Å². The summed E-state index contributed by atoms with van der Waals surface area (Å²) in [6, 6.07) is 5.27. The van der Waals surface area contributed by atoms with Gasteiger partial charge in [-0.1, -0.05) is 6.92 Å². The van der Waals surface area contributed by atoms with Gasteiger partial charge >= 0.3 is 0 Å². The molecule has 0 saturated heterocycles. The number of thiophene rings is 1. The van der Waals surface area contributed by atoms with Gasteiger partial charge in [0.25, 0.3) is 11.8 Å². The quantitative estimate of drug-likeness (QED) is 0.673. The molecular formula is C18H18N4O2S. The van der Waals surface area contributed by atoms with Crippen LogP contribution in [0.3, 0.4) is 0 Å². The molecule has 0 radical (unpaired) electrons. The van der Waals surface area contributed by atoms with Gasteiger partial charge in [0.15, 0.2) is 0 Å². The molecule has 4 N–H and O–H groups in total. The van der Waals surface area contributed by atoms with Crippen LogP contribution in [0, 0.1) is 5.92 Å². The van der Waals surface area contributed by atoms with Crippen molar-refractivity contribution in [2.75, 3.05) is 5.32 Å². The molecule has 0 aliphatic heterocycles. The standard InChI is InChI=1S/C18H18N4O2S/c1-9-2-4-11-14(6-9)25-18(15(11)16(19)23)22-17(24)10-3-5-12-13(7-10)21-8-20-12/h3,5,7-9H,2,4,6H2,1H3,(H2,19,23)(H,20,21)(H,22,24). The number of rotatable bonds is 3. The Kier molecular flexibility index (Phi) is 3.80. The lowest BCUT2D eigenvalue weighted by Gasteiger charge is -2.18. The van der Waals surface area contributed by atoms with Crippen LogP contribution >= 0.6 is 11.3 Å². The molecule has 1 aliphatic rings. The van der Waals surface area contributed by atoms with Gasteiger partial charge in [-0.05, 0) is 48.9 Å². The Morgan fingerprint density at radius 2 is 2.24 bits per heavy atom. The number of aromatic amines is 1. The maximum absolute atomic E-state index is 12.6. The fraction of sp³-hybridized carbons (Fsp3) is 0.278. The van der Waals surface area contributed by atoms with E-state index in [0.29, 0.717) is 22.0 Å². The van der Waals surface area contributed by atoms with Crippen molar-refractivity contribution >= 4 is 39.2 Å². The summed E-state index contributed by atoms with van der Waals surface area (Å²) < 4.78 is 0. The van der Waals surface area contributed by atoms with E-state index in [-0.39, 0.29) is 5.91 Å². The number of hydrogen-bond donors (Lipinski definition) is 3. The van der Waals surface area contributed by atoms with E-state index in [1.165, 1.54) is 11.3 Å². The minimum atomic E-state index is -0.481. The lowest BCUT2D eigenvalue weighted by Crippen LogP contribution is -2.19. The van der Waals surface area contributed by atoms with Crippen molar-refractivity contribution in [1.29, 1.82) is 0 Å². The summed E-state index contributed by atoms with van der Waals surface area (Å²) in [6.07, 6.45) is 4.38. The Morgan fingerprint density at radius 3 is 3.04 bits per heavy atom. The van der Waals surface area contributed by atoms with Gasteiger partial charge in [0.1, 0.15) is 5.00 Å². The molecule has 0 spiro atoms. The molecule has 0 fully saturated rings. The third-order valence-electron chi connectivity index (χ3n) is 4.67. The SMILES string of the molecule is CC1CCc2c(sc(NC(=O)c3ccc4[nH]cnc4c3)c2C(N)=O)C1. The third-order valence-corrected chi connectivity index (χ3v) is 5.84. The Labute approximate surface area is 148 Å². The summed E-state index contributed by atoms with van der Waals surface area (Å²) in [4.78, 5) is 32.9. The summed E-state index contributed by atoms with van der Waals surface area (Å²) in [5, 5.41) is 3.43. The number of nitrogens with two attached hydrogens (primary N) is 1. The number of fused-ring (bicyclic) bond motifs is 2. The van der Waals surface area contributed by atoms with Crippen LogP contribution in [0.1, 0.15) is 44.5 Å². The first kappa shape index (κ1) is 15.8. The molecule has 0 saturated carbocycles. The van der Waals surface area contributed by atoms with Crippen LogP contribution in [-0.4, -0.2) is 21.8 Å². The molecule has 7 heteroatoms. The Hall–Kier alpha value is -2.67. The fourth-order valence-corrected chi connectivity index (χ4v) is 4.76. The highest BCUT2D eigenvalue weighted by Crippen LogP contribution is 2.39. The Bertz CT molecular complexity index is 988. The number of amides is 2. The molecule has 1 aliphatic carbocycles. The van der Waals surface area contributed by atoms with Gasteiger partial charge < -0.3 is 16.0 Å². The van der Waals surface area contributed by atoms with E-state index in [0.717, 1.165) is 40.7 Å². The molecular weight excluding hydrogens is 336 g/mol. The van der Waals surface area contributed by atoms with Gasteiger partial charge in [-0.15, -0.1) is 11.3 Å². The molecule has 1 atom stereocenters. The number of nitrogens with one attached hydrogen (secondary N) is 2. The zero-order chi connectivity index (χ0) is 17.6. The number of nitrogens with zero attached hydrogens (tertiary/aromatic N) is 1. The highest BCUT2D eigenvalue weighted by atomic mass is 32.1. The van der Waals surface area contributed by atoms with Crippen LogP contribution < -0.4 is 11.1 Å². The maximum Gasteiger partial charge on any atom is 0.256 e. The zero-order valence-electron chi connectivity index (χ0n) is 13.8. The fourth-order valence-electron chi connectivity index (χ4n) is 3.35. The molecule has 2 amide bonds. The number of imidazole rings is 1. The minimum absolute atomic E-state index is 0.265. The summed E-state index contributed by atoms with van der Waals surface area (Å²) in [7, 11) is 0. The molecule has 0 bridgehead atoms.